The fourth-order valence-corrected chi connectivity index (χ4v) is 2.99. The highest BCUT2D eigenvalue weighted by Gasteiger charge is 2.24. The fraction of sp³-hybridized carbons (Fsp3) is 0.458. The number of aliphatic hydroxyl groups is 1. The van der Waals surface area contributed by atoms with Gasteiger partial charge in [-0.25, -0.2) is 4.79 Å². The number of carbonyl (C=O) groups excluding carboxylic acids is 1. The van der Waals surface area contributed by atoms with Crippen molar-refractivity contribution in [2.45, 2.75) is 58.3 Å². The van der Waals surface area contributed by atoms with Gasteiger partial charge in [0.2, 0.25) is 0 Å². The lowest BCUT2D eigenvalue weighted by Crippen LogP contribution is -2.50. The Morgan fingerprint density at radius 3 is 2.31 bits per heavy atom. The van der Waals surface area contributed by atoms with Crippen LogP contribution in [0.15, 0.2) is 54.6 Å². The number of alkyl carbamates (subject to hydrolysis) is 1. The van der Waals surface area contributed by atoms with E-state index in [0.717, 1.165) is 18.5 Å². The lowest BCUT2D eigenvalue weighted by atomic mass is 10.0. The van der Waals surface area contributed by atoms with Gasteiger partial charge in [0.15, 0.2) is 0 Å². The molecule has 0 radical (unpaired) electrons. The number of aliphatic hydroxyl groups excluding tert-OH is 1. The molecule has 5 nitrogen and oxygen atoms in total. The van der Waals surface area contributed by atoms with Crippen LogP contribution in [0.5, 0.6) is 0 Å². The van der Waals surface area contributed by atoms with Crippen molar-refractivity contribution in [2.75, 3.05) is 13.1 Å². The van der Waals surface area contributed by atoms with E-state index in [1.165, 1.54) is 11.1 Å². The van der Waals surface area contributed by atoms with Crippen LogP contribution in [0.4, 0.5) is 4.79 Å². The Bertz CT molecular complexity index is 739. The highest BCUT2D eigenvalue weighted by Crippen LogP contribution is 2.10. The molecule has 2 atom stereocenters. The summed E-state index contributed by atoms with van der Waals surface area (Å²) >= 11 is 0. The predicted molar refractivity (Wildman–Crippen MR) is 117 cm³/mol. The molecule has 2 aromatic carbocycles. The lowest BCUT2D eigenvalue weighted by Gasteiger charge is -2.27. The van der Waals surface area contributed by atoms with Crippen molar-refractivity contribution in [3.8, 4) is 0 Å². The molecular formula is C24H34N2O3. The Labute approximate surface area is 174 Å². The summed E-state index contributed by atoms with van der Waals surface area (Å²) in [6.45, 7) is 8.68. The number of hydrogen-bond donors (Lipinski definition) is 3. The molecule has 3 N–H and O–H groups in total. The van der Waals surface area contributed by atoms with Crippen molar-refractivity contribution in [3.05, 3.63) is 71.3 Å². The second kappa shape index (κ2) is 11.0. The average molecular weight is 399 g/mol. The molecule has 0 fully saturated rings. The van der Waals surface area contributed by atoms with Crippen molar-refractivity contribution in [2.24, 2.45) is 0 Å². The SMILES string of the molecule is Cc1ccc(CCNC[C@H](O)[C@H](Cc2ccccc2)NC(=O)OC(C)(C)C)cc1. The molecule has 158 valence electrons. The summed E-state index contributed by atoms with van der Waals surface area (Å²) in [5.41, 5.74) is 2.96. The van der Waals surface area contributed by atoms with Crippen LogP contribution < -0.4 is 10.6 Å². The second-order valence-corrected chi connectivity index (χ2v) is 8.45. The van der Waals surface area contributed by atoms with Crippen molar-refractivity contribution < 1.29 is 14.6 Å². The van der Waals surface area contributed by atoms with E-state index in [4.69, 9.17) is 4.74 Å². The first-order chi connectivity index (χ1) is 13.7. The van der Waals surface area contributed by atoms with E-state index in [9.17, 15) is 9.90 Å². The minimum Gasteiger partial charge on any atom is -0.444 e. The number of amides is 1. The normalized spacial score (nSPS) is 13.6. The third-order valence-corrected chi connectivity index (χ3v) is 4.53. The number of benzene rings is 2. The van der Waals surface area contributed by atoms with Gasteiger partial charge < -0.3 is 20.5 Å². The summed E-state index contributed by atoms with van der Waals surface area (Å²) < 4.78 is 5.37. The van der Waals surface area contributed by atoms with Crippen molar-refractivity contribution >= 4 is 6.09 Å². The van der Waals surface area contributed by atoms with Crippen LogP contribution in [0.3, 0.4) is 0 Å². The zero-order valence-electron chi connectivity index (χ0n) is 17.9. The topological polar surface area (TPSA) is 70.6 Å². The van der Waals surface area contributed by atoms with E-state index < -0.39 is 23.8 Å². The Morgan fingerprint density at radius 2 is 1.69 bits per heavy atom. The van der Waals surface area contributed by atoms with Gasteiger partial charge in [0.05, 0.1) is 12.1 Å². The second-order valence-electron chi connectivity index (χ2n) is 8.45. The molecule has 0 aromatic heterocycles. The highest BCUT2D eigenvalue weighted by molar-refractivity contribution is 5.68. The van der Waals surface area contributed by atoms with Gasteiger partial charge in [-0.05, 0) is 58.2 Å². The Hall–Kier alpha value is -2.37. The Kier molecular flexibility index (Phi) is 8.68. The monoisotopic (exact) mass is 398 g/mol. The maximum Gasteiger partial charge on any atom is 0.407 e. The third kappa shape index (κ3) is 9.11. The van der Waals surface area contributed by atoms with Crippen LogP contribution in [0.25, 0.3) is 0 Å². The highest BCUT2D eigenvalue weighted by atomic mass is 16.6. The number of hydrogen-bond acceptors (Lipinski definition) is 4. The molecule has 2 rings (SSSR count). The van der Waals surface area contributed by atoms with Gasteiger partial charge in [-0.1, -0.05) is 60.2 Å². The summed E-state index contributed by atoms with van der Waals surface area (Å²) in [4.78, 5) is 12.2. The first-order valence-corrected chi connectivity index (χ1v) is 10.2. The first-order valence-electron chi connectivity index (χ1n) is 10.2. The molecule has 0 aliphatic heterocycles. The minimum atomic E-state index is -0.735. The van der Waals surface area contributed by atoms with Crippen molar-refractivity contribution in [3.63, 3.8) is 0 Å². The molecule has 2 aromatic rings. The van der Waals surface area contributed by atoms with E-state index in [0.29, 0.717) is 13.0 Å². The summed E-state index contributed by atoms with van der Waals surface area (Å²) in [7, 11) is 0. The molecule has 0 saturated carbocycles. The van der Waals surface area contributed by atoms with Crippen LogP contribution >= 0.6 is 0 Å². The van der Waals surface area contributed by atoms with Crippen molar-refractivity contribution in [1.82, 2.24) is 10.6 Å². The third-order valence-electron chi connectivity index (χ3n) is 4.53. The number of carbonyl (C=O) groups is 1. The van der Waals surface area contributed by atoms with E-state index in [1.54, 1.807) is 0 Å². The summed E-state index contributed by atoms with van der Waals surface area (Å²) in [5, 5.41) is 16.8. The average Bonchev–Trinajstić information content (AvgIpc) is 2.65. The van der Waals surface area contributed by atoms with Crippen LogP contribution in [0, 0.1) is 6.92 Å². The minimum absolute atomic E-state index is 0.388. The Morgan fingerprint density at radius 1 is 1.03 bits per heavy atom. The van der Waals surface area contributed by atoms with Crippen LogP contribution in [-0.4, -0.2) is 42.0 Å². The zero-order valence-corrected chi connectivity index (χ0v) is 17.9. The number of rotatable bonds is 9. The molecular weight excluding hydrogens is 364 g/mol. The number of aryl methyl sites for hydroxylation is 1. The van der Waals surface area contributed by atoms with E-state index in [2.05, 4.69) is 41.8 Å². The summed E-state index contributed by atoms with van der Waals surface area (Å²) in [6.07, 6.45) is 0.161. The molecule has 0 saturated heterocycles. The van der Waals surface area contributed by atoms with Crippen LogP contribution in [0.1, 0.15) is 37.5 Å². The summed E-state index contributed by atoms with van der Waals surface area (Å²) in [5.74, 6) is 0. The maximum absolute atomic E-state index is 12.2. The molecule has 0 bridgehead atoms. The molecule has 0 unspecified atom stereocenters. The fourth-order valence-electron chi connectivity index (χ4n) is 2.99. The maximum atomic E-state index is 12.2. The van der Waals surface area contributed by atoms with Gasteiger partial charge in [-0.3, -0.25) is 0 Å². The van der Waals surface area contributed by atoms with Gasteiger partial charge in [0.25, 0.3) is 0 Å². The first kappa shape index (κ1) is 22.9. The largest absolute Gasteiger partial charge is 0.444 e. The molecule has 0 aliphatic rings. The van der Waals surface area contributed by atoms with Gasteiger partial charge in [-0.15, -0.1) is 0 Å². The van der Waals surface area contributed by atoms with E-state index >= 15 is 0 Å². The van der Waals surface area contributed by atoms with Gasteiger partial charge in [0, 0.05) is 6.54 Å². The lowest BCUT2D eigenvalue weighted by molar-refractivity contribution is 0.0423. The van der Waals surface area contributed by atoms with Gasteiger partial charge >= 0.3 is 6.09 Å². The van der Waals surface area contributed by atoms with Gasteiger partial charge in [-0.2, -0.15) is 0 Å². The van der Waals surface area contributed by atoms with Gasteiger partial charge in [0.1, 0.15) is 5.60 Å². The van der Waals surface area contributed by atoms with Crippen LogP contribution in [0.2, 0.25) is 0 Å². The summed E-state index contributed by atoms with van der Waals surface area (Å²) in [6, 6.07) is 17.8. The molecule has 5 heteroatoms. The molecule has 0 aliphatic carbocycles. The molecule has 0 spiro atoms. The quantitative estimate of drug-likeness (QED) is 0.564. The van der Waals surface area contributed by atoms with Crippen molar-refractivity contribution in [1.29, 1.82) is 0 Å². The van der Waals surface area contributed by atoms with E-state index in [1.807, 2.05) is 51.1 Å². The predicted octanol–water partition coefficient (Wildman–Crippen LogP) is 3.62. The van der Waals surface area contributed by atoms with Crippen LogP contribution in [-0.2, 0) is 17.6 Å². The standard InChI is InChI=1S/C24H34N2O3/c1-18-10-12-19(13-11-18)14-15-25-17-22(27)21(16-20-8-6-5-7-9-20)26-23(28)29-24(2,3)4/h5-13,21-22,25,27H,14-17H2,1-4H3,(H,26,28)/t21-,22-/m0/s1. The zero-order chi connectivity index (χ0) is 21.3. The van der Waals surface area contributed by atoms with E-state index in [-0.39, 0.29) is 0 Å². The molecule has 29 heavy (non-hydrogen) atoms. The molecule has 1 amide bonds. The smallest absolute Gasteiger partial charge is 0.407 e. The number of nitrogens with one attached hydrogen (secondary N) is 2. The molecule has 0 heterocycles. The number of ether oxygens (including phenoxy) is 1. The Balaban J connectivity index is 1.89.